The van der Waals surface area contributed by atoms with Gasteiger partial charge in [-0.1, -0.05) is 54.6 Å². The zero-order chi connectivity index (χ0) is 23.1. The maximum Gasteiger partial charge on any atom is 0.255 e. The normalized spacial score (nSPS) is 20.9. The van der Waals surface area contributed by atoms with E-state index < -0.39 is 5.60 Å². The number of allylic oxidation sites excluding steroid dienone is 5. The first-order valence-corrected chi connectivity index (χ1v) is 11.4. The van der Waals surface area contributed by atoms with Gasteiger partial charge in [-0.2, -0.15) is 0 Å². The topological polar surface area (TPSA) is 78.6 Å². The highest BCUT2D eigenvalue weighted by Gasteiger charge is 2.38. The van der Waals surface area contributed by atoms with Crippen LogP contribution in [0.3, 0.4) is 0 Å². The third-order valence-electron chi connectivity index (χ3n) is 6.16. The fraction of sp³-hybridized carbons (Fsp3) is 0.346. The Labute approximate surface area is 195 Å². The van der Waals surface area contributed by atoms with E-state index in [1.165, 1.54) is 0 Å². The number of nitrogens with two attached hydrogens (primary N) is 1. The molecular weight excluding hydrogens is 422 g/mol. The van der Waals surface area contributed by atoms with Crippen LogP contribution >= 0.6 is 11.6 Å². The average molecular weight is 454 g/mol. The molecule has 1 aliphatic heterocycles. The van der Waals surface area contributed by atoms with Crippen LogP contribution in [0.5, 0.6) is 0 Å². The van der Waals surface area contributed by atoms with E-state index >= 15 is 0 Å². The van der Waals surface area contributed by atoms with Crippen LogP contribution in [0.2, 0.25) is 0 Å². The number of hydrogen-bond donors (Lipinski definition) is 3. The summed E-state index contributed by atoms with van der Waals surface area (Å²) in [7, 11) is 0. The van der Waals surface area contributed by atoms with E-state index in [0.717, 1.165) is 41.5 Å². The molecule has 1 atom stereocenters. The number of benzene rings is 1. The second-order valence-electron chi connectivity index (χ2n) is 8.33. The van der Waals surface area contributed by atoms with Gasteiger partial charge in [-0.25, -0.2) is 0 Å². The van der Waals surface area contributed by atoms with Gasteiger partial charge in [-0.05, 0) is 56.0 Å². The third kappa shape index (κ3) is 5.80. The van der Waals surface area contributed by atoms with E-state index in [-0.39, 0.29) is 11.8 Å². The Morgan fingerprint density at radius 3 is 2.75 bits per heavy atom. The predicted octanol–water partition coefficient (Wildman–Crippen LogP) is 4.59. The van der Waals surface area contributed by atoms with Crippen molar-refractivity contribution in [2.45, 2.75) is 31.8 Å². The molecule has 1 aromatic rings. The summed E-state index contributed by atoms with van der Waals surface area (Å²) in [6, 6.07) is 5.92. The Kier molecular flexibility index (Phi) is 8.13. The molecule has 1 unspecified atom stereocenters. The van der Waals surface area contributed by atoms with Crippen molar-refractivity contribution in [1.29, 1.82) is 0 Å². The fourth-order valence-corrected chi connectivity index (χ4v) is 4.48. The van der Waals surface area contributed by atoms with Gasteiger partial charge >= 0.3 is 0 Å². The first-order valence-electron chi connectivity index (χ1n) is 11.0. The van der Waals surface area contributed by atoms with Crippen molar-refractivity contribution >= 4 is 28.9 Å². The fourth-order valence-electron chi connectivity index (χ4n) is 4.32. The van der Waals surface area contributed by atoms with Crippen LogP contribution in [0.4, 0.5) is 11.4 Å². The molecule has 1 aliphatic carbocycles. The van der Waals surface area contributed by atoms with Crippen LogP contribution < -0.4 is 16.0 Å². The van der Waals surface area contributed by atoms with Gasteiger partial charge in [0.2, 0.25) is 0 Å². The summed E-state index contributed by atoms with van der Waals surface area (Å²) in [5.74, 6) is -0.101. The molecule has 1 amide bonds. The van der Waals surface area contributed by atoms with Crippen molar-refractivity contribution in [3.05, 3.63) is 83.5 Å². The molecule has 0 spiro atoms. The number of carbonyl (C=O) groups is 1. The summed E-state index contributed by atoms with van der Waals surface area (Å²) in [5, 5.41) is 14.9. The highest BCUT2D eigenvalue weighted by Crippen LogP contribution is 2.38. The highest BCUT2D eigenvalue weighted by molar-refractivity contribution is 6.31. The zero-order valence-corrected chi connectivity index (χ0v) is 19.3. The van der Waals surface area contributed by atoms with Crippen molar-refractivity contribution in [2.75, 3.05) is 29.9 Å². The maximum atomic E-state index is 12.6. The van der Waals surface area contributed by atoms with Gasteiger partial charge in [0.05, 0.1) is 5.60 Å². The zero-order valence-electron chi connectivity index (χ0n) is 18.6. The van der Waals surface area contributed by atoms with Crippen LogP contribution in [-0.2, 0) is 4.79 Å². The molecule has 1 aromatic carbocycles. The summed E-state index contributed by atoms with van der Waals surface area (Å²) >= 11 is 6.03. The van der Waals surface area contributed by atoms with Crippen molar-refractivity contribution in [1.82, 2.24) is 0 Å². The van der Waals surface area contributed by atoms with Crippen LogP contribution in [-0.4, -0.2) is 36.2 Å². The summed E-state index contributed by atoms with van der Waals surface area (Å²) < 4.78 is 0. The largest absolute Gasteiger partial charge is 0.389 e. The number of rotatable bonds is 7. The third-order valence-corrected chi connectivity index (χ3v) is 6.44. The number of nitrogens with one attached hydrogen (secondary N) is 1. The molecule has 0 saturated carbocycles. The molecule has 0 radical (unpaired) electrons. The smallest absolute Gasteiger partial charge is 0.255 e. The lowest BCUT2D eigenvalue weighted by Crippen LogP contribution is -2.48. The monoisotopic (exact) mass is 453 g/mol. The second kappa shape index (κ2) is 10.8. The summed E-state index contributed by atoms with van der Waals surface area (Å²) in [6.45, 7) is 7.62. The Hall–Kier alpha value is -2.60. The molecule has 0 aromatic heterocycles. The number of amides is 1. The van der Waals surface area contributed by atoms with Gasteiger partial charge in [-0.15, -0.1) is 0 Å². The Balaban J connectivity index is 1.64. The van der Waals surface area contributed by atoms with Gasteiger partial charge in [0.25, 0.3) is 5.91 Å². The molecule has 1 fully saturated rings. The summed E-state index contributed by atoms with van der Waals surface area (Å²) in [4.78, 5) is 14.9. The van der Waals surface area contributed by atoms with Crippen LogP contribution in [0.15, 0.2) is 77.9 Å². The first-order chi connectivity index (χ1) is 15.4. The van der Waals surface area contributed by atoms with E-state index in [4.69, 9.17) is 17.3 Å². The number of nitrogens with zero attached hydrogens (tertiary/aromatic N) is 1. The lowest BCUT2D eigenvalue weighted by atomic mass is 9.76. The minimum Gasteiger partial charge on any atom is -0.389 e. The molecule has 1 heterocycles. The van der Waals surface area contributed by atoms with Crippen LogP contribution in [0.1, 0.15) is 24.8 Å². The second-order valence-corrected chi connectivity index (χ2v) is 8.77. The van der Waals surface area contributed by atoms with Gasteiger partial charge in [0.1, 0.15) is 0 Å². The van der Waals surface area contributed by atoms with E-state index in [1.54, 1.807) is 24.3 Å². The van der Waals surface area contributed by atoms with Crippen LogP contribution in [0.25, 0.3) is 0 Å². The minimum absolute atomic E-state index is 0.108. The minimum atomic E-state index is -0.701. The summed E-state index contributed by atoms with van der Waals surface area (Å²) in [5.41, 5.74) is 8.22. The number of halogens is 1. The number of aryl methyl sites for hydroxylation is 1. The number of aliphatic hydroxyl groups is 1. The van der Waals surface area contributed by atoms with Crippen molar-refractivity contribution in [3.63, 3.8) is 0 Å². The maximum absolute atomic E-state index is 12.6. The van der Waals surface area contributed by atoms with E-state index in [2.05, 4.69) is 16.8 Å². The number of carbonyl (C=O) groups excluding carboxylic acids is 1. The molecular formula is C26H32ClN3O2. The molecule has 3 rings (SSSR count). The van der Waals surface area contributed by atoms with Gasteiger partial charge < -0.3 is 21.1 Å². The highest BCUT2D eigenvalue weighted by atomic mass is 35.5. The van der Waals surface area contributed by atoms with Gasteiger partial charge in [-0.3, -0.25) is 4.79 Å². The van der Waals surface area contributed by atoms with Crippen molar-refractivity contribution < 1.29 is 9.90 Å². The lowest BCUT2D eigenvalue weighted by Gasteiger charge is -2.43. The lowest BCUT2D eigenvalue weighted by molar-refractivity contribution is -0.112. The number of hydrogen-bond acceptors (Lipinski definition) is 4. The van der Waals surface area contributed by atoms with Gasteiger partial charge in [0, 0.05) is 47.5 Å². The standard InChI is InChI=1S/C26H32ClN3O2/c1-3-5-20(6-4-15-28)25(31)29-23-11-12-24(19(2)18-23)30-16-13-26(32,14-17-30)21-7-9-22(27)10-8-21/h3-7,9-12,18,21,32H,1,8,13-17,28H2,2H3,(H,29,31)/b6-4-,20-5+. The molecule has 4 N–H and O–H groups in total. The van der Waals surface area contributed by atoms with E-state index in [9.17, 15) is 9.90 Å². The van der Waals surface area contributed by atoms with Crippen molar-refractivity contribution in [3.8, 4) is 0 Å². The molecule has 32 heavy (non-hydrogen) atoms. The average Bonchev–Trinajstić information content (AvgIpc) is 2.78. The summed E-state index contributed by atoms with van der Waals surface area (Å²) in [6.07, 6.45) is 14.8. The molecule has 0 bridgehead atoms. The Bertz CT molecular complexity index is 969. The number of anilines is 2. The Morgan fingerprint density at radius 1 is 1.41 bits per heavy atom. The first kappa shape index (κ1) is 24.1. The predicted molar refractivity (Wildman–Crippen MR) is 134 cm³/mol. The molecule has 2 aliphatic rings. The quantitative estimate of drug-likeness (QED) is 0.416. The molecule has 170 valence electrons. The molecule has 5 nitrogen and oxygen atoms in total. The molecule has 1 saturated heterocycles. The van der Waals surface area contributed by atoms with E-state index in [1.807, 2.05) is 43.4 Å². The number of piperidine rings is 1. The van der Waals surface area contributed by atoms with Crippen LogP contribution in [0, 0.1) is 12.8 Å². The van der Waals surface area contributed by atoms with Crippen molar-refractivity contribution in [2.24, 2.45) is 11.7 Å². The SMILES string of the molecule is C=C/C=C(\C=C/CN)C(=O)Nc1ccc(N2CCC(O)(C3C=CC(Cl)=CC3)CC2)c(C)c1. The van der Waals surface area contributed by atoms with E-state index in [0.29, 0.717) is 25.0 Å². The van der Waals surface area contributed by atoms with Gasteiger partial charge in [0.15, 0.2) is 0 Å². The molecule has 6 heteroatoms. The Morgan fingerprint density at radius 2 is 2.16 bits per heavy atom.